The van der Waals surface area contributed by atoms with E-state index in [1.54, 1.807) is 12.1 Å². The lowest BCUT2D eigenvalue weighted by Crippen LogP contribution is -2.17. The molecular weight excluding hydrogens is 252 g/mol. The first-order valence-electron chi connectivity index (χ1n) is 6.40. The number of nitrogen functional groups attached to an aromatic ring is 1. The van der Waals surface area contributed by atoms with Gasteiger partial charge in [-0.05, 0) is 42.4 Å². The SMILES string of the molecule is CN(Cc1ccc(C(=O)O)cc1)Cc1cccc(N)c1. The molecule has 0 aliphatic heterocycles. The molecule has 0 atom stereocenters. The molecule has 0 unspecified atom stereocenters. The van der Waals surface area contributed by atoms with Gasteiger partial charge in [0.25, 0.3) is 0 Å². The topological polar surface area (TPSA) is 66.6 Å². The minimum atomic E-state index is -0.898. The van der Waals surface area contributed by atoms with E-state index in [9.17, 15) is 4.79 Å². The number of nitrogens with two attached hydrogens (primary N) is 1. The van der Waals surface area contributed by atoms with Crippen molar-refractivity contribution in [2.45, 2.75) is 13.1 Å². The number of aromatic carboxylic acids is 1. The van der Waals surface area contributed by atoms with Gasteiger partial charge in [-0.15, -0.1) is 0 Å². The largest absolute Gasteiger partial charge is 0.478 e. The summed E-state index contributed by atoms with van der Waals surface area (Å²) in [6, 6.07) is 14.8. The number of carbonyl (C=O) groups is 1. The van der Waals surface area contributed by atoms with Gasteiger partial charge in [0, 0.05) is 18.8 Å². The molecule has 4 heteroatoms. The highest BCUT2D eigenvalue weighted by atomic mass is 16.4. The Morgan fingerprint density at radius 2 is 1.75 bits per heavy atom. The Labute approximate surface area is 118 Å². The number of hydrogen-bond acceptors (Lipinski definition) is 3. The number of benzene rings is 2. The predicted molar refractivity (Wildman–Crippen MR) is 79.4 cm³/mol. The van der Waals surface area contributed by atoms with Crippen molar-refractivity contribution in [1.82, 2.24) is 4.90 Å². The minimum Gasteiger partial charge on any atom is -0.478 e. The van der Waals surface area contributed by atoms with Gasteiger partial charge in [0.1, 0.15) is 0 Å². The van der Waals surface area contributed by atoms with Gasteiger partial charge in [-0.3, -0.25) is 4.90 Å². The fraction of sp³-hybridized carbons (Fsp3) is 0.188. The van der Waals surface area contributed by atoms with Gasteiger partial charge in [-0.25, -0.2) is 4.79 Å². The molecule has 0 fully saturated rings. The standard InChI is InChI=1S/C16H18N2O2/c1-18(11-13-3-2-4-15(17)9-13)10-12-5-7-14(8-6-12)16(19)20/h2-9H,10-11,17H2,1H3,(H,19,20). The van der Waals surface area contributed by atoms with E-state index >= 15 is 0 Å². The van der Waals surface area contributed by atoms with Crippen LogP contribution in [-0.4, -0.2) is 23.0 Å². The van der Waals surface area contributed by atoms with Crippen molar-refractivity contribution in [1.29, 1.82) is 0 Å². The molecule has 4 nitrogen and oxygen atoms in total. The molecule has 2 aromatic carbocycles. The molecule has 0 aromatic heterocycles. The molecular formula is C16H18N2O2. The monoisotopic (exact) mass is 270 g/mol. The molecule has 20 heavy (non-hydrogen) atoms. The van der Waals surface area contributed by atoms with E-state index in [-0.39, 0.29) is 0 Å². The predicted octanol–water partition coefficient (Wildman–Crippen LogP) is 2.60. The van der Waals surface area contributed by atoms with Gasteiger partial charge in [-0.1, -0.05) is 24.3 Å². The van der Waals surface area contributed by atoms with Crippen LogP contribution in [0.15, 0.2) is 48.5 Å². The Hall–Kier alpha value is -2.33. The van der Waals surface area contributed by atoms with Crippen LogP contribution in [0.1, 0.15) is 21.5 Å². The van der Waals surface area contributed by atoms with Crippen LogP contribution in [0.25, 0.3) is 0 Å². The zero-order chi connectivity index (χ0) is 14.5. The smallest absolute Gasteiger partial charge is 0.335 e. The van der Waals surface area contributed by atoms with Crippen molar-refractivity contribution in [2.24, 2.45) is 0 Å². The van der Waals surface area contributed by atoms with E-state index in [1.165, 1.54) is 0 Å². The summed E-state index contributed by atoms with van der Waals surface area (Å²) in [5, 5.41) is 8.86. The summed E-state index contributed by atoms with van der Waals surface area (Å²) in [5.41, 5.74) is 9.08. The lowest BCUT2D eigenvalue weighted by Gasteiger charge is -2.17. The van der Waals surface area contributed by atoms with E-state index in [1.807, 2.05) is 43.4 Å². The average molecular weight is 270 g/mol. The first-order valence-corrected chi connectivity index (χ1v) is 6.40. The van der Waals surface area contributed by atoms with Crippen LogP contribution in [0, 0.1) is 0 Å². The van der Waals surface area contributed by atoms with Gasteiger partial charge in [0.15, 0.2) is 0 Å². The van der Waals surface area contributed by atoms with E-state index in [2.05, 4.69) is 4.90 Å². The molecule has 2 rings (SSSR count). The van der Waals surface area contributed by atoms with Crippen molar-refractivity contribution in [2.75, 3.05) is 12.8 Å². The third kappa shape index (κ3) is 3.83. The van der Waals surface area contributed by atoms with Crippen LogP contribution in [0.3, 0.4) is 0 Å². The quantitative estimate of drug-likeness (QED) is 0.820. The highest BCUT2D eigenvalue weighted by Crippen LogP contribution is 2.12. The molecule has 3 N–H and O–H groups in total. The average Bonchev–Trinajstić information content (AvgIpc) is 2.39. The summed E-state index contributed by atoms with van der Waals surface area (Å²) in [4.78, 5) is 12.9. The molecule has 0 aliphatic rings. The van der Waals surface area contributed by atoms with Crippen LogP contribution < -0.4 is 5.73 Å². The van der Waals surface area contributed by atoms with E-state index in [0.29, 0.717) is 5.56 Å². The Morgan fingerprint density at radius 1 is 1.10 bits per heavy atom. The summed E-state index contributed by atoms with van der Waals surface area (Å²) < 4.78 is 0. The number of nitrogens with zero attached hydrogens (tertiary/aromatic N) is 1. The summed E-state index contributed by atoms with van der Waals surface area (Å²) in [5.74, 6) is -0.898. The van der Waals surface area contributed by atoms with Gasteiger partial charge >= 0.3 is 5.97 Å². The lowest BCUT2D eigenvalue weighted by atomic mass is 10.1. The maximum atomic E-state index is 10.8. The molecule has 104 valence electrons. The zero-order valence-electron chi connectivity index (χ0n) is 11.4. The van der Waals surface area contributed by atoms with E-state index < -0.39 is 5.97 Å². The number of rotatable bonds is 5. The van der Waals surface area contributed by atoms with Gasteiger partial charge < -0.3 is 10.8 Å². The molecule has 0 aliphatic carbocycles. The maximum absolute atomic E-state index is 10.8. The lowest BCUT2D eigenvalue weighted by molar-refractivity contribution is 0.0697. The zero-order valence-corrected chi connectivity index (χ0v) is 11.4. The first kappa shape index (κ1) is 14.1. The molecule has 0 bridgehead atoms. The van der Waals surface area contributed by atoms with Crippen molar-refractivity contribution >= 4 is 11.7 Å². The third-order valence-corrected chi connectivity index (χ3v) is 3.06. The fourth-order valence-corrected chi connectivity index (χ4v) is 2.12. The molecule has 2 aromatic rings. The second kappa shape index (κ2) is 6.21. The van der Waals surface area contributed by atoms with Crippen LogP contribution >= 0.6 is 0 Å². The second-order valence-electron chi connectivity index (χ2n) is 4.92. The molecule has 0 spiro atoms. The maximum Gasteiger partial charge on any atom is 0.335 e. The highest BCUT2D eigenvalue weighted by molar-refractivity contribution is 5.87. The Kier molecular flexibility index (Phi) is 4.38. The fourth-order valence-electron chi connectivity index (χ4n) is 2.12. The summed E-state index contributed by atoms with van der Waals surface area (Å²) >= 11 is 0. The molecule has 0 amide bonds. The number of anilines is 1. The molecule has 0 radical (unpaired) electrons. The Morgan fingerprint density at radius 3 is 2.35 bits per heavy atom. The van der Waals surface area contributed by atoms with E-state index in [0.717, 1.165) is 29.9 Å². The second-order valence-corrected chi connectivity index (χ2v) is 4.92. The number of hydrogen-bond donors (Lipinski definition) is 2. The third-order valence-electron chi connectivity index (χ3n) is 3.06. The van der Waals surface area contributed by atoms with Crippen molar-refractivity contribution < 1.29 is 9.90 Å². The summed E-state index contributed by atoms with van der Waals surface area (Å²) in [6.07, 6.45) is 0. The van der Waals surface area contributed by atoms with Crippen molar-refractivity contribution in [3.63, 3.8) is 0 Å². The first-order chi connectivity index (χ1) is 9.54. The number of carboxylic acid groups (broad SMARTS) is 1. The van der Waals surface area contributed by atoms with Gasteiger partial charge in [-0.2, -0.15) is 0 Å². The van der Waals surface area contributed by atoms with Crippen LogP contribution in [-0.2, 0) is 13.1 Å². The Balaban J connectivity index is 1.97. The van der Waals surface area contributed by atoms with Gasteiger partial charge in [0.2, 0.25) is 0 Å². The van der Waals surface area contributed by atoms with Crippen LogP contribution in [0.4, 0.5) is 5.69 Å². The van der Waals surface area contributed by atoms with Crippen LogP contribution in [0.5, 0.6) is 0 Å². The van der Waals surface area contributed by atoms with E-state index in [4.69, 9.17) is 10.8 Å². The normalized spacial score (nSPS) is 10.7. The molecule has 0 heterocycles. The summed E-state index contributed by atoms with van der Waals surface area (Å²) in [6.45, 7) is 1.56. The highest BCUT2D eigenvalue weighted by Gasteiger charge is 2.05. The van der Waals surface area contributed by atoms with Crippen molar-refractivity contribution in [3.8, 4) is 0 Å². The number of carboxylic acids is 1. The van der Waals surface area contributed by atoms with Crippen molar-refractivity contribution in [3.05, 3.63) is 65.2 Å². The molecule has 0 saturated carbocycles. The molecule has 0 saturated heterocycles. The minimum absolute atomic E-state index is 0.312. The summed E-state index contributed by atoms with van der Waals surface area (Å²) in [7, 11) is 2.02. The van der Waals surface area contributed by atoms with Gasteiger partial charge in [0.05, 0.1) is 5.56 Å². The van der Waals surface area contributed by atoms with Crippen LogP contribution in [0.2, 0.25) is 0 Å². The Bertz CT molecular complexity index is 594.